The Hall–Kier alpha value is -1.11. The van der Waals surface area contributed by atoms with Crippen LogP contribution in [0.2, 0.25) is 0 Å². The molecule has 0 bridgehead atoms. The van der Waals surface area contributed by atoms with Gasteiger partial charge < -0.3 is 19.9 Å². The number of aliphatic hydroxyl groups is 1. The van der Waals surface area contributed by atoms with Crippen molar-refractivity contribution in [1.29, 1.82) is 0 Å². The van der Waals surface area contributed by atoms with Gasteiger partial charge in [0.25, 0.3) is 0 Å². The normalized spacial score (nSPS) is 11.3. The van der Waals surface area contributed by atoms with E-state index in [1.165, 1.54) is 12.1 Å². The summed E-state index contributed by atoms with van der Waals surface area (Å²) in [6.45, 7) is 6.93. The van der Waals surface area contributed by atoms with E-state index in [4.69, 9.17) is 14.8 Å². The van der Waals surface area contributed by atoms with Gasteiger partial charge in [-0.25, -0.2) is 4.39 Å². The van der Waals surface area contributed by atoms with Gasteiger partial charge >= 0.3 is 7.69 Å². The average molecular weight is 258 g/mol. The molecule has 0 aliphatic rings. The van der Waals surface area contributed by atoms with Crippen molar-refractivity contribution in [2.75, 3.05) is 0 Å². The maximum atomic E-state index is 12.6. The number of rotatable bonds is 3. The molecule has 0 spiro atoms. The molecule has 0 fully saturated rings. The lowest BCUT2D eigenvalue weighted by molar-refractivity contribution is -0.0906. The minimum Gasteiger partial charge on any atom is -0.485 e. The Labute approximate surface area is 107 Å². The van der Waals surface area contributed by atoms with Crippen molar-refractivity contribution >= 4 is 7.69 Å². The Morgan fingerprint density at radius 2 is 1.44 bits per heavy atom. The fourth-order valence-electron chi connectivity index (χ4n) is 0.922. The fourth-order valence-corrected chi connectivity index (χ4v) is 0.922. The van der Waals surface area contributed by atoms with E-state index >= 15 is 0 Å². The summed E-state index contributed by atoms with van der Waals surface area (Å²) < 4.78 is 18.3. The number of benzene rings is 1. The molecule has 0 amide bonds. The molecule has 1 aromatic rings. The quantitative estimate of drug-likeness (QED) is 0.707. The van der Waals surface area contributed by atoms with Crippen LogP contribution in [0.25, 0.3) is 0 Å². The summed E-state index contributed by atoms with van der Waals surface area (Å²) in [5.74, 6) is 0.243. The van der Waals surface area contributed by atoms with Crippen molar-refractivity contribution < 1.29 is 24.3 Å². The molecule has 18 heavy (non-hydrogen) atoms. The Morgan fingerprint density at radius 3 is 1.78 bits per heavy atom. The van der Waals surface area contributed by atoms with Gasteiger partial charge in [0.1, 0.15) is 17.2 Å². The van der Waals surface area contributed by atoms with E-state index in [-0.39, 0.29) is 5.82 Å². The molecule has 0 unspecified atom stereocenters. The van der Waals surface area contributed by atoms with Crippen LogP contribution in [0.15, 0.2) is 24.3 Å². The third-order valence-electron chi connectivity index (χ3n) is 2.66. The predicted molar refractivity (Wildman–Crippen MR) is 69.0 cm³/mol. The second kappa shape index (κ2) is 6.73. The summed E-state index contributed by atoms with van der Waals surface area (Å²) in [5, 5.41) is 24.1. The van der Waals surface area contributed by atoms with Gasteiger partial charge in [0.2, 0.25) is 0 Å². The molecule has 0 saturated carbocycles. The van der Waals surface area contributed by atoms with Crippen LogP contribution in [0.3, 0.4) is 0 Å². The zero-order valence-corrected chi connectivity index (χ0v) is 11.1. The van der Waals surface area contributed by atoms with E-state index in [0.29, 0.717) is 5.75 Å². The second-order valence-electron chi connectivity index (χ2n) is 4.77. The molecule has 0 aliphatic heterocycles. The van der Waals surface area contributed by atoms with Crippen LogP contribution in [0, 0.1) is 5.82 Å². The van der Waals surface area contributed by atoms with Crippen LogP contribution in [0.1, 0.15) is 27.7 Å². The van der Waals surface area contributed by atoms with Gasteiger partial charge in [0.15, 0.2) is 0 Å². The number of halogens is 1. The summed E-state index contributed by atoms with van der Waals surface area (Å²) in [4.78, 5) is 0. The van der Waals surface area contributed by atoms with Crippen molar-refractivity contribution in [2.24, 2.45) is 0 Å². The van der Waals surface area contributed by atoms with Crippen LogP contribution in [-0.2, 0) is 0 Å². The molecule has 0 aliphatic carbocycles. The van der Waals surface area contributed by atoms with Crippen molar-refractivity contribution in [3.8, 4) is 5.75 Å². The van der Waals surface area contributed by atoms with Crippen molar-refractivity contribution in [3.63, 3.8) is 0 Å². The lowest BCUT2D eigenvalue weighted by atomic mass is 9.89. The van der Waals surface area contributed by atoms with Gasteiger partial charge in [-0.15, -0.1) is 0 Å². The summed E-state index contributed by atoms with van der Waals surface area (Å²) in [6, 6.07) is 5.75. The minimum atomic E-state index is -0.971. The van der Waals surface area contributed by atoms with Crippen LogP contribution in [-0.4, -0.2) is 34.0 Å². The smallest absolute Gasteiger partial charge is 0.432 e. The first-order valence-electron chi connectivity index (χ1n) is 5.52. The third-order valence-corrected chi connectivity index (χ3v) is 2.66. The molecule has 6 heteroatoms. The zero-order chi connectivity index (χ0) is 14.4. The largest absolute Gasteiger partial charge is 0.485 e. The topological polar surface area (TPSA) is 69.9 Å². The number of ether oxygens (including phenoxy) is 1. The third kappa shape index (κ3) is 5.49. The first-order valence-corrected chi connectivity index (χ1v) is 5.52. The molecule has 0 atom stereocenters. The maximum absolute atomic E-state index is 12.6. The number of hydrogen-bond donors (Lipinski definition) is 3. The highest BCUT2D eigenvalue weighted by atomic mass is 19.1. The van der Waals surface area contributed by atoms with Gasteiger partial charge in [-0.2, -0.15) is 0 Å². The van der Waals surface area contributed by atoms with E-state index in [1.54, 1.807) is 39.8 Å². The van der Waals surface area contributed by atoms with Crippen molar-refractivity contribution in [1.82, 2.24) is 0 Å². The van der Waals surface area contributed by atoms with E-state index in [2.05, 4.69) is 0 Å². The first-order chi connectivity index (χ1) is 8.14. The average Bonchev–Trinajstić information content (AvgIpc) is 2.20. The van der Waals surface area contributed by atoms with Gasteiger partial charge in [-0.1, -0.05) is 0 Å². The summed E-state index contributed by atoms with van der Waals surface area (Å²) >= 11 is 0. The van der Waals surface area contributed by atoms with E-state index in [0.717, 1.165) is 0 Å². The monoisotopic (exact) mass is 258 g/mol. The second-order valence-corrected chi connectivity index (χ2v) is 4.77. The summed E-state index contributed by atoms with van der Waals surface area (Å²) in [5.41, 5.74) is -1.70. The molecule has 0 aromatic heterocycles. The van der Waals surface area contributed by atoms with E-state index < -0.39 is 18.9 Å². The molecular formula is C12H20BFO4. The van der Waals surface area contributed by atoms with Gasteiger partial charge in [0, 0.05) is 0 Å². The van der Waals surface area contributed by atoms with Crippen LogP contribution in [0.4, 0.5) is 4.39 Å². The molecule has 102 valence electrons. The van der Waals surface area contributed by atoms with Gasteiger partial charge in [-0.3, -0.25) is 0 Å². The Balaban J connectivity index is 0.000000873. The maximum Gasteiger partial charge on any atom is 0.432 e. The molecule has 0 saturated heterocycles. The Kier molecular flexibility index (Phi) is 6.31. The molecule has 3 N–H and O–H groups in total. The lowest BCUT2D eigenvalue weighted by Crippen LogP contribution is -2.49. The van der Waals surface area contributed by atoms with Crippen LogP contribution in [0.5, 0.6) is 5.75 Å². The molecular weight excluding hydrogens is 238 g/mol. The van der Waals surface area contributed by atoms with Crippen molar-refractivity contribution in [2.45, 2.75) is 38.9 Å². The fraction of sp³-hybridized carbons (Fsp3) is 0.500. The first kappa shape index (κ1) is 16.9. The van der Waals surface area contributed by atoms with E-state index in [9.17, 15) is 9.50 Å². The van der Waals surface area contributed by atoms with Crippen LogP contribution < -0.4 is 4.74 Å². The molecule has 1 aromatic carbocycles. The zero-order valence-electron chi connectivity index (χ0n) is 11.1. The van der Waals surface area contributed by atoms with E-state index in [1.807, 2.05) is 0 Å². The predicted octanol–water partition coefficient (Wildman–Crippen LogP) is 0.991. The highest BCUT2D eigenvalue weighted by Crippen LogP contribution is 2.27. The molecule has 0 heterocycles. The van der Waals surface area contributed by atoms with Gasteiger partial charge in [-0.05, 0) is 52.0 Å². The Bertz CT molecular complexity index is 346. The molecule has 0 radical (unpaired) electrons. The lowest BCUT2D eigenvalue weighted by Gasteiger charge is -2.37. The molecule has 4 nitrogen and oxygen atoms in total. The SMILES string of the molecule is CC(C)(O)C(C)(C)Oc1ccc(F)cc1.OBO. The highest BCUT2D eigenvalue weighted by Gasteiger charge is 2.37. The van der Waals surface area contributed by atoms with Crippen molar-refractivity contribution in [3.05, 3.63) is 30.1 Å². The highest BCUT2D eigenvalue weighted by molar-refractivity contribution is 6.13. The number of hydrogen-bond acceptors (Lipinski definition) is 4. The molecule has 1 rings (SSSR count). The minimum absolute atomic E-state index is 0.302. The Morgan fingerprint density at radius 1 is 1.06 bits per heavy atom. The van der Waals surface area contributed by atoms with Gasteiger partial charge in [0.05, 0.1) is 5.60 Å². The summed E-state index contributed by atoms with van der Waals surface area (Å²) in [6.07, 6.45) is 0. The summed E-state index contributed by atoms with van der Waals surface area (Å²) in [7, 11) is -0.750. The standard InChI is InChI=1S/C12H17FO2.BH3O2/c1-11(2,14)12(3,4)15-10-7-5-9(13)6-8-10;2-1-3/h5-8,14H,1-4H3;1-3H. The van der Waals surface area contributed by atoms with Crippen LogP contribution >= 0.6 is 0 Å².